The summed E-state index contributed by atoms with van der Waals surface area (Å²) in [7, 11) is 0. The van der Waals surface area contributed by atoms with Gasteiger partial charge in [-0.1, -0.05) is 0 Å². The third-order valence-corrected chi connectivity index (χ3v) is 2.30. The van der Waals surface area contributed by atoms with E-state index < -0.39 is 12.0 Å². The van der Waals surface area contributed by atoms with Gasteiger partial charge in [-0.2, -0.15) is 0 Å². The minimum Gasteiger partial charge on any atom is -0.479 e. The largest absolute Gasteiger partial charge is 0.479 e. The van der Waals surface area contributed by atoms with Crippen LogP contribution in [0.25, 0.3) is 0 Å². The van der Waals surface area contributed by atoms with Crippen LogP contribution in [0, 0.1) is 0 Å². The molecular weight excluding hydrogens is 210 g/mol. The monoisotopic (exact) mass is 217 g/mol. The Labute approximate surface area is 72.9 Å². The summed E-state index contributed by atoms with van der Waals surface area (Å²) >= 11 is 3.27. The number of nitrogens with one attached hydrogen (secondary N) is 1. The fourth-order valence-corrected chi connectivity index (χ4v) is 1.06. The summed E-state index contributed by atoms with van der Waals surface area (Å²) in [5.74, 6) is -0.861. The number of aliphatic carboxylic acids is 1. The lowest BCUT2D eigenvalue weighted by molar-refractivity contribution is -0.137. The van der Waals surface area contributed by atoms with E-state index in [9.17, 15) is 4.79 Å². The third kappa shape index (κ3) is 1.83. The van der Waals surface area contributed by atoms with E-state index >= 15 is 0 Å². The van der Waals surface area contributed by atoms with Crippen LogP contribution < -0.4 is 5.32 Å². The maximum absolute atomic E-state index is 10.5. The second-order valence-corrected chi connectivity index (χ2v) is 3.18. The number of rotatable bonds is 1. The number of halogens is 1. The average Bonchev–Trinajstić information content (AvgIpc) is 1.94. The lowest BCUT2D eigenvalue weighted by atomic mass is 10.1. The van der Waals surface area contributed by atoms with Crippen molar-refractivity contribution in [2.75, 3.05) is 0 Å². The molecule has 0 fully saturated rings. The molecule has 60 valence electrons. The molecule has 3 nitrogen and oxygen atoms in total. The highest BCUT2D eigenvalue weighted by Crippen LogP contribution is 2.19. The van der Waals surface area contributed by atoms with E-state index in [1.807, 2.05) is 6.92 Å². The molecule has 0 amide bonds. The van der Waals surface area contributed by atoms with Crippen molar-refractivity contribution in [3.63, 3.8) is 0 Å². The van der Waals surface area contributed by atoms with Gasteiger partial charge in [-0.05, 0) is 34.5 Å². The van der Waals surface area contributed by atoms with Crippen LogP contribution in [-0.4, -0.2) is 17.1 Å². The average molecular weight is 218 g/mol. The van der Waals surface area contributed by atoms with Crippen molar-refractivity contribution in [2.24, 2.45) is 0 Å². The maximum atomic E-state index is 10.5. The van der Waals surface area contributed by atoms with E-state index in [-0.39, 0.29) is 0 Å². The van der Waals surface area contributed by atoms with Gasteiger partial charge in [0.1, 0.15) is 6.04 Å². The molecule has 0 radical (unpaired) electrons. The Kier molecular flexibility index (Phi) is 2.34. The molecule has 1 rings (SSSR count). The van der Waals surface area contributed by atoms with Crippen molar-refractivity contribution in [3.05, 3.63) is 22.3 Å². The standard InChI is InChI=1S/C7H8BrNO2/c1-4-2-6(7(10)11)9-3-5(4)8/h2-3,6,9H,1H3,(H,10,11). The number of carbonyl (C=O) groups is 1. The second-order valence-electron chi connectivity index (χ2n) is 2.32. The lowest BCUT2D eigenvalue weighted by Gasteiger charge is -2.15. The Balaban J connectivity index is 2.77. The minimum absolute atomic E-state index is 0.587. The smallest absolute Gasteiger partial charge is 0.330 e. The zero-order chi connectivity index (χ0) is 8.43. The number of allylic oxidation sites excluding steroid dienone is 2. The zero-order valence-electron chi connectivity index (χ0n) is 5.97. The Morgan fingerprint density at radius 3 is 2.91 bits per heavy atom. The molecule has 0 saturated carbocycles. The molecule has 1 unspecified atom stereocenters. The summed E-state index contributed by atoms with van der Waals surface area (Å²) in [5.41, 5.74) is 0.941. The molecule has 11 heavy (non-hydrogen) atoms. The predicted molar refractivity (Wildman–Crippen MR) is 45.3 cm³/mol. The molecule has 4 heteroatoms. The van der Waals surface area contributed by atoms with Crippen LogP contribution in [0.4, 0.5) is 0 Å². The van der Waals surface area contributed by atoms with Crippen LogP contribution in [0.2, 0.25) is 0 Å². The molecule has 0 bridgehead atoms. The fraction of sp³-hybridized carbons (Fsp3) is 0.286. The lowest BCUT2D eigenvalue weighted by Crippen LogP contribution is -2.33. The van der Waals surface area contributed by atoms with E-state index in [0.29, 0.717) is 0 Å². The number of carboxylic acid groups (broad SMARTS) is 1. The van der Waals surface area contributed by atoms with Crippen molar-refractivity contribution >= 4 is 21.9 Å². The van der Waals surface area contributed by atoms with Crippen molar-refractivity contribution in [1.82, 2.24) is 5.32 Å². The van der Waals surface area contributed by atoms with Gasteiger partial charge in [0.2, 0.25) is 0 Å². The summed E-state index contributed by atoms with van der Waals surface area (Å²) < 4.78 is 0.898. The molecule has 0 aromatic carbocycles. The van der Waals surface area contributed by atoms with Gasteiger partial charge in [-0.25, -0.2) is 4.79 Å². The van der Waals surface area contributed by atoms with E-state index in [2.05, 4.69) is 21.2 Å². The molecule has 1 aliphatic rings. The Hall–Kier alpha value is -0.770. The van der Waals surface area contributed by atoms with Crippen LogP contribution in [0.5, 0.6) is 0 Å². The summed E-state index contributed by atoms with van der Waals surface area (Å²) in [5, 5.41) is 11.3. The van der Waals surface area contributed by atoms with Crippen molar-refractivity contribution < 1.29 is 9.90 Å². The first kappa shape index (κ1) is 8.33. The van der Waals surface area contributed by atoms with Crippen LogP contribution in [0.15, 0.2) is 22.3 Å². The Morgan fingerprint density at radius 1 is 1.82 bits per heavy atom. The van der Waals surface area contributed by atoms with E-state index in [1.54, 1.807) is 12.3 Å². The molecule has 1 heterocycles. The zero-order valence-corrected chi connectivity index (χ0v) is 7.55. The Bertz CT molecular complexity index is 245. The van der Waals surface area contributed by atoms with Gasteiger partial charge in [0.05, 0.1) is 0 Å². The van der Waals surface area contributed by atoms with Crippen LogP contribution in [0.1, 0.15) is 6.92 Å². The molecule has 2 N–H and O–H groups in total. The van der Waals surface area contributed by atoms with Crippen LogP contribution >= 0.6 is 15.9 Å². The molecule has 0 aromatic rings. The summed E-state index contributed by atoms with van der Waals surface area (Å²) in [6.45, 7) is 1.86. The van der Waals surface area contributed by atoms with Crippen LogP contribution in [0.3, 0.4) is 0 Å². The molecule has 0 saturated heterocycles. The van der Waals surface area contributed by atoms with Gasteiger partial charge >= 0.3 is 5.97 Å². The number of carboxylic acids is 1. The molecule has 1 atom stereocenters. The molecular formula is C7H8BrNO2. The van der Waals surface area contributed by atoms with Crippen molar-refractivity contribution in [3.8, 4) is 0 Å². The van der Waals surface area contributed by atoms with Gasteiger partial charge in [-0.15, -0.1) is 0 Å². The summed E-state index contributed by atoms with van der Waals surface area (Å²) in [6, 6.07) is -0.587. The first-order valence-electron chi connectivity index (χ1n) is 3.14. The number of dihydropyridines is 1. The fourth-order valence-electron chi connectivity index (χ4n) is 0.797. The van der Waals surface area contributed by atoms with Gasteiger partial charge in [0.15, 0.2) is 0 Å². The van der Waals surface area contributed by atoms with Crippen molar-refractivity contribution in [2.45, 2.75) is 13.0 Å². The highest BCUT2D eigenvalue weighted by molar-refractivity contribution is 9.12. The first-order valence-corrected chi connectivity index (χ1v) is 3.94. The van der Waals surface area contributed by atoms with Gasteiger partial charge < -0.3 is 10.4 Å². The van der Waals surface area contributed by atoms with Crippen molar-refractivity contribution in [1.29, 1.82) is 0 Å². The summed E-state index contributed by atoms with van der Waals surface area (Å²) in [6.07, 6.45) is 3.31. The summed E-state index contributed by atoms with van der Waals surface area (Å²) in [4.78, 5) is 10.5. The second kappa shape index (κ2) is 3.09. The molecule has 0 aromatic heterocycles. The molecule has 0 aliphatic carbocycles. The number of hydrogen-bond acceptors (Lipinski definition) is 2. The SMILES string of the molecule is CC1=CC(C(=O)O)NC=C1Br. The molecule has 0 spiro atoms. The van der Waals surface area contributed by atoms with E-state index in [0.717, 1.165) is 10.1 Å². The van der Waals surface area contributed by atoms with Gasteiger partial charge in [0.25, 0.3) is 0 Å². The normalized spacial score (nSPS) is 23.3. The van der Waals surface area contributed by atoms with Crippen LogP contribution in [-0.2, 0) is 4.79 Å². The van der Waals surface area contributed by atoms with Gasteiger partial charge in [-0.3, -0.25) is 0 Å². The quantitative estimate of drug-likeness (QED) is 0.695. The topological polar surface area (TPSA) is 49.3 Å². The number of hydrogen-bond donors (Lipinski definition) is 2. The third-order valence-electron chi connectivity index (χ3n) is 1.45. The van der Waals surface area contributed by atoms with E-state index in [1.165, 1.54) is 0 Å². The van der Waals surface area contributed by atoms with Gasteiger partial charge in [0, 0.05) is 10.7 Å². The maximum Gasteiger partial charge on any atom is 0.330 e. The highest BCUT2D eigenvalue weighted by atomic mass is 79.9. The molecule has 1 aliphatic heterocycles. The first-order chi connectivity index (χ1) is 5.11. The van der Waals surface area contributed by atoms with E-state index in [4.69, 9.17) is 5.11 Å². The minimum atomic E-state index is -0.861. The predicted octanol–water partition coefficient (Wildman–Crippen LogP) is 1.23. The highest BCUT2D eigenvalue weighted by Gasteiger charge is 2.16. The Morgan fingerprint density at radius 2 is 2.45 bits per heavy atom.